The molecule has 0 amide bonds. The normalized spacial score (nSPS) is 46.0. The number of nitrogens with zero attached hydrogens (tertiary/aromatic N) is 1. The minimum absolute atomic E-state index is 0.0721. The third-order valence-corrected chi connectivity index (χ3v) is 5.62. The number of aliphatic hydroxyl groups excluding tert-OH is 1. The Labute approximate surface area is 110 Å². The molecule has 2 aliphatic carbocycles. The van der Waals surface area contributed by atoms with Gasteiger partial charge < -0.3 is 15.1 Å². The van der Waals surface area contributed by atoms with Crippen molar-refractivity contribution in [1.82, 2.24) is 4.90 Å². The van der Waals surface area contributed by atoms with E-state index in [4.69, 9.17) is 0 Å². The van der Waals surface area contributed by atoms with Crippen LogP contribution < -0.4 is 0 Å². The summed E-state index contributed by atoms with van der Waals surface area (Å²) in [5.41, 5.74) is -0.358. The first-order chi connectivity index (χ1) is 8.67. The highest BCUT2D eigenvalue weighted by molar-refractivity contribution is 4.96. The van der Waals surface area contributed by atoms with E-state index in [0.29, 0.717) is 11.8 Å². The Bertz CT molecular complexity index is 296. The lowest BCUT2D eigenvalue weighted by atomic mass is 9.71. The Morgan fingerprint density at radius 1 is 1.06 bits per heavy atom. The van der Waals surface area contributed by atoms with Gasteiger partial charge in [-0.2, -0.15) is 0 Å². The third-order valence-electron chi connectivity index (χ3n) is 5.62. The Morgan fingerprint density at radius 2 is 1.94 bits per heavy atom. The van der Waals surface area contributed by atoms with Gasteiger partial charge in [-0.05, 0) is 38.0 Å². The van der Waals surface area contributed by atoms with E-state index in [-0.39, 0.29) is 11.7 Å². The average Bonchev–Trinajstić information content (AvgIpc) is 2.75. The molecule has 1 aliphatic heterocycles. The highest BCUT2D eigenvalue weighted by Crippen LogP contribution is 2.40. The lowest BCUT2D eigenvalue weighted by Crippen LogP contribution is -2.54. The van der Waals surface area contributed by atoms with Crippen molar-refractivity contribution in [2.24, 2.45) is 11.8 Å². The molecule has 3 rings (SSSR count). The molecule has 0 bridgehead atoms. The molecule has 3 nitrogen and oxygen atoms in total. The summed E-state index contributed by atoms with van der Waals surface area (Å²) in [4.78, 5) is 2.50. The fraction of sp³-hybridized carbons (Fsp3) is 1.00. The maximum Gasteiger partial charge on any atom is 0.0700 e. The molecule has 4 unspecified atom stereocenters. The molecule has 0 aromatic heterocycles. The monoisotopic (exact) mass is 253 g/mol. The first-order valence-electron chi connectivity index (χ1n) is 7.80. The first-order valence-corrected chi connectivity index (χ1v) is 7.80. The van der Waals surface area contributed by atoms with Crippen LogP contribution >= 0.6 is 0 Å². The van der Waals surface area contributed by atoms with Crippen molar-refractivity contribution < 1.29 is 10.2 Å². The maximum atomic E-state index is 10.6. The van der Waals surface area contributed by atoms with Crippen molar-refractivity contribution >= 4 is 0 Å². The molecule has 0 aromatic rings. The Kier molecular flexibility index (Phi) is 3.65. The fourth-order valence-corrected chi connectivity index (χ4v) is 4.37. The zero-order chi connectivity index (χ0) is 12.6. The lowest BCUT2D eigenvalue weighted by Gasteiger charge is -2.48. The van der Waals surface area contributed by atoms with Gasteiger partial charge in [0, 0.05) is 25.6 Å². The van der Waals surface area contributed by atoms with Gasteiger partial charge in [-0.25, -0.2) is 0 Å². The highest BCUT2D eigenvalue weighted by Gasteiger charge is 2.43. The van der Waals surface area contributed by atoms with Crippen molar-refractivity contribution in [2.45, 2.75) is 63.1 Å². The smallest absolute Gasteiger partial charge is 0.0700 e. The van der Waals surface area contributed by atoms with Gasteiger partial charge in [0.2, 0.25) is 0 Å². The first kappa shape index (κ1) is 12.9. The number of fused-ring (bicyclic) bond motifs is 1. The van der Waals surface area contributed by atoms with Crippen LogP contribution in [0.1, 0.15) is 51.4 Å². The van der Waals surface area contributed by atoms with Gasteiger partial charge >= 0.3 is 0 Å². The number of piperidine rings is 1. The summed E-state index contributed by atoms with van der Waals surface area (Å²) in [5, 5.41) is 20.6. The van der Waals surface area contributed by atoms with E-state index in [1.807, 2.05) is 0 Å². The molecule has 3 aliphatic rings. The summed E-state index contributed by atoms with van der Waals surface area (Å²) in [5.74, 6) is 0.971. The van der Waals surface area contributed by atoms with Crippen LogP contribution in [0.25, 0.3) is 0 Å². The summed E-state index contributed by atoms with van der Waals surface area (Å²) in [6, 6.07) is 0. The number of hydrogen-bond acceptors (Lipinski definition) is 3. The Hall–Kier alpha value is -0.120. The summed E-state index contributed by atoms with van der Waals surface area (Å²) in [6.45, 7) is 3.13. The minimum atomic E-state index is -0.358. The molecule has 2 saturated carbocycles. The van der Waals surface area contributed by atoms with Crippen LogP contribution in [0.4, 0.5) is 0 Å². The van der Waals surface area contributed by atoms with Gasteiger partial charge in [0.1, 0.15) is 0 Å². The van der Waals surface area contributed by atoms with Crippen LogP contribution in [0, 0.1) is 11.8 Å². The van der Waals surface area contributed by atoms with Gasteiger partial charge in [0.05, 0.1) is 11.7 Å². The van der Waals surface area contributed by atoms with Crippen molar-refractivity contribution in [2.75, 3.05) is 19.6 Å². The number of hydrogen-bond donors (Lipinski definition) is 2. The molecule has 0 radical (unpaired) electrons. The molecule has 3 fully saturated rings. The van der Waals surface area contributed by atoms with E-state index in [9.17, 15) is 10.2 Å². The van der Waals surface area contributed by atoms with Crippen LogP contribution in [-0.2, 0) is 0 Å². The van der Waals surface area contributed by atoms with E-state index < -0.39 is 0 Å². The van der Waals surface area contributed by atoms with Crippen LogP contribution in [-0.4, -0.2) is 46.5 Å². The average molecular weight is 253 g/mol. The molecule has 104 valence electrons. The molecule has 4 atom stereocenters. The molecule has 2 N–H and O–H groups in total. The van der Waals surface area contributed by atoms with Gasteiger partial charge in [0.15, 0.2) is 0 Å². The van der Waals surface area contributed by atoms with E-state index in [1.54, 1.807) is 0 Å². The minimum Gasteiger partial charge on any atom is -0.393 e. The number of likely N-dealkylation sites (tertiary alicyclic amines) is 1. The van der Waals surface area contributed by atoms with Crippen molar-refractivity contribution in [1.29, 1.82) is 0 Å². The second-order valence-corrected chi connectivity index (χ2v) is 6.81. The number of aliphatic hydroxyl groups is 2. The molecule has 1 saturated heterocycles. The van der Waals surface area contributed by atoms with Crippen LogP contribution in [0.15, 0.2) is 0 Å². The highest BCUT2D eigenvalue weighted by atomic mass is 16.3. The topological polar surface area (TPSA) is 43.7 Å². The van der Waals surface area contributed by atoms with Crippen molar-refractivity contribution in [3.63, 3.8) is 0 Å². The molecule has 0 spiro atoms. The van der Waals surface area contributed by atoms with E-state index in [1.165, 1.54) is 32.1 Å². The van der Waals surface area contributed by atoms with Gasteiger partial charge in [-0.15, -0.1) is 0 Å². The molecule has 3 heteroatoms. The van der Waals surface area contributed by atoms with Gasteiger partial charge in [0.25, 0.3) is 0 Å². The van der Waals surface area contributed by atoms with E-state index in [2.05, 4.69) is 4.90 Å². The van der Waals surface area contributed by atoms with Crippen LogP contribution in [0.5, 0.6) is 0 Å². The molecule has 1 heterocycles. The summed E-state index contributed by atoms with van der Waals surface area (Å²) >= 11 is 0. The van der Waals surface area contributed by atoms with Gasteiger partial charge in [-0.3, -0.25) is 0 Å². The van der Waals surface area contributed by atoms with Crippen LogP contribution in [0.3, 0.4) is 0 Å². The predicted molar refractivity (Wildman–Crippen MR) is 71.3 cm³/mol. The van der Waals surface area contributed by atoms with Crippen molar-refractivity contribution in [3.8, 4) is 0 Å². The summed E-state index contributed by atoms with van der Waals surface area (Å²) in [7, 11) is 0. The zero-order valence-electron chi connectivity index (χ0n) is 11.4. The van der Waals surface area contributed by atoms with Crippen LogP contribution in [0.2, 0.25) is 0 Å². The summed E-state index contributed by atoms with van der Waals surface area (Å²) < 4.78 is 0. The Morgan fingerprint density at radius 3 is 2.72 bits per heavy atom. The molecular formula is C15H27NO2. The largest absolute Gasteiger partial charge is 0.393 e. The second kappa shape index (κ2) is 5.10. The second-order valence-electron chi connectivity index (χ2n) is 6.81. The quantitative estimate of drug-likeness (QED) is 0.788. The standard InChI is InChI=1S/C15H27NO2/c17-14-6-3-4-12(14)10-16-9-8-15(18)7-2-1-5-13(15)11-16/h12-14,17-18H,1-11H2. The predicted octanol–water partition coefficient (Wildman–Crippen LogP) is 1.77. The molecular weight excluding hydrogens is 226 g/mol. The molecule has 0 aromatic carbocycles. The number of rotatable bonds is 2. The third kappa shape index (κ3) is 2.45. The fourth-order valence-electron chi connectivity index (χ4n) is 4.37. The molecule has 18 heavy (non-hydrogen) atoms. The van der Waals surface area contributed by atoms with Gasteiger partial charge in [-0.1, -0.05) is 19.3 Å². The summed E-state index contributed by atoms with van der Waals surface area (Å²) in [6.07, 6.45) is 8.93. The van der Waals surface area contributed by atoms with E-state index in [0.717, 1.165) is 38.9 Å². The maximum absolute atomic E-state index is 10.6. The Balaban J connectivity index is 1.56. The zero-order valence-corrected chi connectivity index (χ0v) is 11.4. The SMILES string of the molecule is OC1CCCC1CN1CCC2(O)CCCCC2C1. The lowest BCUT2D eigenvalue weighted by molar-refractivity contribution is -0.0987. The van der Waals surface area contributed by atoms with Crippen molar-refractivity contribution in [3.05, 3.63) is 0 Å². The van der Waals surface area contributed by atoms with E-state index >= 15 is 0 Å².